The molecule has 1 heterocycles. The minimum Gasteiger partial charge on any atom is -0.371 e. The number of carbonyl (C=O) groups is 2. The normalized spacial score (nSPS) is 17.9. The lowest BCUT2D eigenvalue weighted by Crippen LogP contribution is -2.41. The minimum absolute atomic E-state index is 0.0650. The van der Waals surface area contributed by atoms with Crippen molar-refractivity contribution in [1.82, 2.24) is 10.6 Å². The van der Waals surface area contributed by atoms with E-state index in [1.54, 1.807) is 0 Å². The molecule has 0 aliphatic carbocycles. The van der Waals surface area contributed by atoms with Gasteiger partial charge in [0.15, 0.2) is 0 Å². The predicted octanol–water partition coefficient (Wildman–Crippen LogP) is 1.60. The molecule has 0 saturated carbocycles. The standard InChI is InChI=1S/C17H26N4O2/c1-12(2)20-17(23)19-10-13-5-7-15(8-6-13)21-9-3-4-14(11-21)16(18)22/h5-8,12,14H,3-4,9-11H2,1-2H3,(H2,18,22)(H2,19,20,23)/t14-/m1/s1. The number of carbonyl (C=O) groups excluding carboxylic acids is 2. The lowest BCUT2D eigenvalue weighted by atomic mass is 9.97. The van der Waals surface area contributed by atoms with Crippen LogP contribution in [0.4, 0.5) is 10.5 Å². The van der Waals surface area contributed by atoms with Crippen molar-refractivity contribution < 1.29 is 9.59 Å². The highest BCUT2D eigenvalue weighted by Gasteiger charge is 2.23. The number of urea groups is 1. The summed E-state index contributed by atoms with van der Waals surface area (Å²) in [6.45, 7) is 5.96. The number of amides is 3. The van der Waals surface area contributed by atoms with E-state index in [2.05, 4.69) is 15.5 Å². The van der Waals surface area contributed by atoms with Crippen LogP contribution < -0.4 is 21.3 Å². The molecule has 1 aliphatic heterocycles. The molecule has 1 atom stereocenters. The molecule has 6 heteroatoms. The zero-order valence-corrected chi connectivity index (χ0v) is 13.8. The maximum absolute atomic E-state index is 11.6. The monoisotopic (exact) mass is 318 g/mol. The van der Waals surface area contributed by atoms with Gasteiger partial charge in [0.25, 0.3) is 0 Å². The number of benzene rings is 1. The number of nitrogens with zero attached hydrogens (tertiary/aromatic N) is 1. The van der Waals surface area contributed by atoms with Gasteiger partial charge in [0.2, 0.25) is 5.91 Å². The fourth-order valence-corrected chi connectivity index (χ4v) is 2.76. The molecule has 0 bridgehead atoms. The topological polar surface area (TPSA) is 87.5 Å². The number of hydrogen-bond acceptors (Lipinski definition) is 3. The van der Waals surface area contributed by atoms with Gasteiger partial charge < -0.3 is 21.3 Å². The lowest BCUT2D eigenvalue weighted by Gasteiger charge is -2.33. The number of nitrogens with two attached hydrogens (primary N) is 1. The third-order valence-electron chi connectivity index (χ3n) is 4.00. The fraction of sp³-hybridized carbons (Fsp3) is 0.529. The van der Waals surface area contributed by atoms with Crippen molar-refractivity contribution >= 4 is 17.6 Å². The number of nitrogens with one attached hydrogen (secondary N) is 2. The molecule has 2 rings (SSSR count). The second-order valence-corrected chi connectivity index (χ2v) is 6.34. The number of hydrogen-bond donors (Lipinski definition) is 3. The summed E-state index contributed by atoms with van der Waals surface area (Å²) in [7, 11) is 0. The van der Waals surface area contributed by atoms with E-state index < -0.39 is 0 Å². The highest BCUT2D eigenvalue weighted by molar-refractivity contribution is 5.77. The highest BCUT2D eigenvalue weighted by Crippen LogP contribution is 2.23. The Morgan fingerprint density at radius 2 is 2.00 bits per heavy atom. The largest absolute Gasteiger partial charge is 0.371 e. The fourth-order valence-electron chi connectivity index (χ4n) is 2.76. The summed E-state index contributed by atoms with van der Waals surface area (Å²) in [6.07, 6.45) is 1.85. The molecule has 23 heavy (non-hydrogen) atoms. The Hall–Kier alpha value is -2.24. The molecule has 4 N–H and O–H groups in total. The predicted molar refractivity (Wildman–Crippen MR) is 91.1 cm³/mol. The SMILES string of the molecule is CC(C)NC(=O)NCc1ccc(N2CCC[C@@H](C(N)=O)C2)cc1. The van der Waals surface area contributed by atoms with Crippen molar-refractivity contribution in [1.29, 1.82) is 0 Å². The molecule has 1 saturated heterocycles. The summed E-state index contributed by atoms with van der Waals surface area (Å²) in [6, 6.07) is 8.01. The highest BCUT2D eigenvalue weighted by atomic mass is 16.2. The third kappa shape index (κ3) is 5.16. The smallest absolute Gasteiger partial charge is 0.315 e. The molecule has 6 nitrogen and oxygen atoms in total. The number of rotatable bonds is 5. The van der Waals surface area contributed by atoms with E-state index in [4.69, 9.17) is 5.73 Å². The Balaban J connectivity index is 1.89. The van der Waals surface area contributed by atoms with Crippen LogP contribution in [0.3, 0.4) is 0 Å². The summed E-state index contributed by atoms with van der Waals surface area (Å²) in [5.74, 6) is -0.281. The number of anilines is 1. The van der Waals surface area contributed by atoms with Crippen molar-refractivity contribution in [3.8, 4) is 0 Å². The van der Waals surface area contributed by atoms with Crippen LogP contribution in [0, 0.1) is 5.92 Å². The van der Waals surface area contributed by atoms with Crippen LogP contribution in [0.25, 0.3) is 0 Å². The first kappa shape index (κ1) is 17.1. The van der Waals surface area contributed by atoms with Crippen LogP contribution in [0.2, 0.25) is 0 Å². The van der Waals surface area contributed by atoms with Gasteiger partial charge >= 0.3 is 6.03 Å². The van der Waals surface area contributed by atoms with Gasteiger partial charge in [-0.3, -0.25) is 4.79 Å². The van der Waals surface area contributed by atoms with Crippen LogP contribution >= 0.6 is 0 Å². The van der Waals surface area contributed by atoms with E-state index >= 15 is 0 Å². The molecule has 1 aliphatic rings. The van der Waals surface area contributed by atoms with Gasteiger partial charge in [-0.15, -0.1) is 0 Å². The Morgan fingerprint density at radius 3 is 2.61 bits per heavy atom. The zero-order chi connectivity index (χ0) is 16.8. The molecule has 1 fully saturated rings. The van der Waals surface area contributed by atoms with Crippen molar-refractivity contribution in [2.24, 2.45) is 11.7 Å². The van der Waals surface area contributed by atoms with Crippen LogP contribution in [0.15, 0.2) is 24.3 Å². The minimum atomic E-state index is -0.216. The molecule has 1 aromatic rings. The average molecular weight is 318 g/mol. The van der Waals surface area contributed by atoms with Crippen LogP contribution in [-0.2, 0) is 11.3 Å². The van der Waals surface area contributed by atoms with Crippen molar-refractivity contribution in [2.75, 3.05) is 18.0 Å². The van der Waals surface area contributed by atoms with Gasteiger partial charge in [-0.25, -0.2) is 4.79 Å². The van der Waals surface area contributed by atoms with Gasteiger partial charge in [0, 0.05) is 31.4 Å². The molecule has 1 aromatic carbocycles. The third-order valence-corrected chi connectivity index (χ3v) is 4.00. The van der Waals surface area contributed by atoms with Gasteiger partial charge in [-0.05, 0) is 44.4 Å². The van der Waals surface area contributed by atoms with Crippen molar-refractivity contribution in [2.45, 2.75) is 39.3 Å². The van der Waals surface area contributed by atoms with E-state index in [1.165, 1.54) is 0 Å². The Kier molecular flexibility index (Phi) is 5.84. The maximum Gasteiger partial charge on any atom is 0.315 e. The molecule has 0 spiro atoms. The first-order valence-electron chi connectivity index (χ1n) is 8.13. The molecule has 0 aromatic heterocycles. The van der Waals surface area contributed by atoms with Gasteiger partial charge in [0.1, 0.15) is 0 Å². The summed E-state index contributed by atoms with van der Waals surface area (Å²) >= 11 is 0. The molecule has 0 radical (unpaired) electrons. The van der Waals surface area contributed by atoms with Gasteiger partial charge in [0.05, 0.1) is 5.92 Å². The second kappa shape index (κ2) is 7.85. The van der Waals surface area contributed by atoms with Crippen LogP contribution in [-0.4, -0.2) is 31.1 Å². The average Bonchev–Trinajstić information content (AvgIpc) is 2.53. The van der Waals surface area contributed by atoms with E-state index in [0.717, 1.165) is 30.6 Å². The van der Waals surface area contributed by atoms with Crippen LogP contribution in [0.1, 0.15) is 32.3 Å². The Labute approximate surface area is 137 Å². The molecule has 0 unspecified atom stereocenters. The Bertz CT molecular complexity index is 542. The second-order valence-electron chi connectivity index (χ2n) is 6.34. The first-order chi connectivity index (χ1) is 11.0. The van der Waals surface area contributed by atoms with E-state index in [1.807, 2.05) is 38.1 Å². The summed E-state index contributed by atoms with van der Waals surface area (Å²) in [5, 5.41) is 5.62. The zero-order valence-electron chi connectivity index (χ0n) is 13.8. The van der Waals surface area contributed by atoms with Gasteiger partial charge in [-0.2, -0.15) is 0 Å². The summed E-state index contributed by atoms with van der Waals surface area (Å²) in [5.41, 5.74) is 7.55. The number of piperidine rings is 1. The summed E-state index contributed by atoms with van der Waals surface area (Å²) < 4.78 is 0. The van der Waals surface area contributed by atoms with E-state index in [0.29, 0.717) is 13.1 Å². The first-order valence-corrected chi connectivity index (χ1v) is 8.13. The molecular weight excluding hydrogens is 292 g/mol. The van der Waals surface area contributed by atoms with E-state index in [-0.39, 0.29) is 23.9 Å². The van der Waals surface area contributed by atoms with Crippen molar-refractivity contribution in [3.63, 3.8) is 0 Å². The molecule has 3 amide bonds. The lowest BCUT2D eigenvalue weighted by molar-refractivity contribution is -0.122. The number of primary amides is 1. The maximum atomic E-state index is 11.6. The summed E-state index contributed by atoms with van der Waals surface area (Å²) in [4.78, 5) is 25.1. The quantitative estimate of drug-likeness (QED) is 0.770. The molecule has 126 valence electrons. The van der Waals surface area contributed by atoms with Gasteiger partial charge in [-0.1, -0.05) is 12.1 Å². The van der Waals surface area contributed by atoms with E-state index in [9.17, 15) is 9.59 Å². The molecular formula is C17H26N4O2. The van der Waals surface area contributed by atoms with Crippen molar-refractivity contribution in [3.05, 3.63) is 29.8 Å². The Morgan fingerprint density at radius 1 is 1.30 bits per heavy atom. The van der Waals surface area contributed by atoms with Crippen LogP contribution in [0.5, 0.6) is 0 Å².